The zero-order valence-corrected chi connectivity index (χ0v) is 23.3. The maximum absolute atomic E-state index is 13.7. The number of benzene rings is 2. The Morgan fingerprint density at radius 3 is 2.23 bits per heavy atom. The van der Waals surface area contributed by atoms with Crippen LogP contribution in [0.3, 0.4) is 0 Å². The second-order valence-electron chi connectivity index (χ2n) is 10.4. The molecule has 3 heterocycles. The van der Waals surface area contributed by atoms with E-state index in [4.69, 9.17) is 28.1 Å². The standard InChI is InChI=1S/C28H32O16/c1-9-18(33)20(35)22(37)27(40-9)43-25-16(8-29)42-28(23(38)21(25)36)44-26-19(34)17-13(32)6-11(30)7-15(17)41-24(26)10-3-4-12(31)14(5-10)39-2/h3-7,9,16,18,20-23,25,27-33,35-38H,8H2,1-2H3/t9-,16+,18+,20+,21+,22+,23-,25-,27+,28-/m1/s1. The minimum Gasteiger partial charge on any atom is -0.508 e. The molecular weight excluding hydrogens is 592 g/mol. The summed E-state index contributed by atoms with van der Waals surface area (Å²) in [4.78, 5) is 13.7. The van der Waals surface area contributed by atoms with Crippen molar-refractivity contribution in [2.24, 2.45) is 0 Å². The molecule has 0 radical (unpaired) electrons. The van der Waals surface area contributed by atoms with Gasteiger partial charge >= 0.3 is 0 Å². The molecule has 9 N–H and O–H groups in total. The summed E-state index contributed by atoms with van der Waals surface area (Å²) in [6.45, 7) is 0.577. The SMILES string of the molecule is COc1cc(-c2oc3cc(O)cc(O)c3c(=O)c2O[C@H]2O[C@@H](CO)[C@@H](O[C@@H]3O[C@H](C)[C@H](O)[C@H](O)[C@@H]3O)[C@@H](O)[C@H]2O)ccc1O. The quantitative estimate of drug-likeness (QED) is 0.147. The van der Waals surface area contributed by atoms with E-state index in [1.807, 2.05) is 0 Å². The molecule has 44 heavy (non-hydrogen) atoms. The molecule has 0 saturated carbocycles. The van der Waals surface area contributed by atoms with Gasteiger partial charge in [0.25, 0.3) is 0 Å². The lowest BCUT2D eigenvalue weighted by atomic mass is 9.97. The van der Waals surface area contributed by atoms with E-state index in [9.17, 15) is 50.8 Å². The maximum atomic E-state index is 13.7. The number of fused-ring (bicyclic) bond motifs is 1. The first-order chi connectivity index (χ1) is 20.9. The summed E-state index contributed by atoms with van der Waals surface area (Å²) < 4.78 is 33.3. The molecule has 16 nitrogen and oxygen atoms in total. The van der Waals surface area contributed by atoms with Crippen molar-refractivity contribution < 1.29 is 74.1 Å². The number of aliphatic hydroxyl groups is 6. The van der Waals surface area contributed by atoms with E-state index in [0.717, 1.165) is 12.1 Å². The van der Waals surface area contributed by atoms with Gasteiger partial charge in [-0.2, -0.15) is 0 Å². The number of phenolic OH excluding ortho intramolecular Hbond substituents is 3. The molecule has 2 aliphatic rings. The molecule has 240 valence electrons. The molecule has 0 unspecified atom stereocenters. The molecule has 2 aliphatic heterocycles. The lowest BCUT2D eigenvalue weighted by molar-refractivity contribution is -0.349. The highest BCUT2D eigenvalue weighted by Gasteiger charge is 2.51. The van der Waals surface area contributed by atoms with Crippen molar-refractivity contribution in [1.82, 2.24) is 0 Å². The highest BCUT2D eigenvalue weighted by Crippen LogP contribution is 2.40. The zero-order chi connectivity index (χ0) is 32.0. The fourth-order valence-corrected chi connectivity index (χ4v) is 5.10. The number of rotatable bonds is 7. The Labute approximate surface area is 248 Å². The predicted octanol–water partition coefficient (Wildman–Crippen LogP) is -1.38. The molecule has 2 fully saturated rings. The first-order valence-electron chi connectivity index (χ1n) is 13.4. The van der Waals surface area contributed by atoms with Crippen LogP contribution in [0.5, 0.6) is 28.7 Å². The first-order valence-corrected chi connectivity index (χ1v) is 13.4. The average molecular weight is 625 g/mol. The van der Waals surface area contributed by atoms with Crippen LogP contribution in [0.15, 0.2) is 39.5 Å². The lowest BCUT2D eigenvalue weighted by Gasteiger charge is -2.45. The van der Waals surface area contributed by atoms with Crippen molar-refractivity contribution in [3.8, 4) is 40.1 Å². The third-order valence-electron chi connectivity index (χ3n) is 7.51. The summed E-state index contributed by atoms with van der Waals surface area (Å²) in [6.07, 6.45) is -16.2. The van der Waals surface area contributed by atoms with Gasteiger partial charge in [-0.1, -0.05) is 0 Å². The lowest BCUT2D eigenvalue weighted by Crippen LogP contribution is -2.64. The molecule has 0 spiro atoms. The van der Waals surface area contributed by atoms with Crippen LogP contribution < -0.4 is 14.9 Å². The van der Waals surface area contributed by atoms with Crippen LogP contribution in [-0.4, -0.2) is 121 Å². The van der Waals surface area contributed by atoms with Crippen LogP contribution >= 0.6 is 0 Å². The minimum atomic E-state index is -1.97. The minimum absolute atomic E-state index is 0.0151. The van der Waals surface area contributed by atoms with Gasteiger partial charge in [-0.25, -0.2) is 0 Å². The number of aromatic hydroxyl groups is 3. The smallest absolute Gasteiger partial charge is 0.239 e. The van der Waals surface area contributed by atoms with Crippen LogP contribution in [0.4, 0.5) is 0 Å². The molecule has 10 atom stereocenters. The van der Waals surface area contributed by atoms with Gasteiger partial charge in [0.05, 0.1) is 19.8 Å². The zero-order valence-electron chi connectivity index (χ0n) is 23.3. The number of phenols is 3. The van der Waals surface area contributed by atoms with E-state index in [-0.39, 0.29) is 28.4 Å². The Balaban J connectivity index is 1.51. The van der Waals surface area contributed by atoms with E-state index in [1.165, 1.54) is 32.2 Å². The number of aliphatic hydroxyl groups excluding tert-OH is 6. The average Bonchev–Trinajstić information content (AvgIpc) is 2.99. The van der Waals surface area contributed by atoms with Crippen molar-refractivity contribution in [2.75, 3.05) is 13.7 Å². The molecule has 2 aromatic carbocycles. The molecular formula is C28H32O16. The predicted molar refractivity (Wildman–Crippen MR) is 145 cm³/mol. The van der Waals surface area contributed by atoms with Crippen LogP contribution in [-0.2, 0) is 14.2 Å². The van der Waals surface area contributed by atoms with Crippen molar-refractivity contribution in [3.05, 3.63) is 40.6 Å². The first kappa shape index (κ1) is 31.7. The third kappa shape index (κ3) is 5.63. The Bertz CT molecular complexity index is 1550. The highest BCUT2D eigenvalue weighted by molar-refractivity contribution is 5.88. The molecule has 0 bridgehead atoms. The molecule has 2 saturated heterocycles. The summed E-state index contributed by atoms with van der Waals surface area (Å²) >= 11 is 0. The van der Waals surface area contributed by atoms with Gasteiger partial charge in [-0.15, -0.1) is 0 Å². The van der Waals surface area contributed by atoms with Gasteiger partial charge in [-0.05, 0) is 25.1 Å². The van der Waals surface area contributed by atoms with Gasteiger partial charge in [0, 0.05) is 17.7 Å². The normalized spacial score (nSPS) is 32.5. The Morgan fingerprint density at radius 1 is 0.841 bits per heavy atom. The third-order valence-corrected chi connectivity index (χ3v) is 7.51. The summed E-state index contributed by atoms with van der Waals surface area (Å²) in [6, 6.07) is 5.83. The van der Waals surface area contributed by atoms with Crippen LogP contribution in [0.1, 0.15) is 6.92 Å². The summed E-state index contributed by atoms with van der Waals surface area (Å²) in [5.74, 6) is -2.28. The summed E-state index contributed by atoms with van der Waals surface area (Å²) in [7, 11) is 1.28. The fourth-order valence-electron chi connectivity index (χ4n) is 5.10. The molecule has 5 rings (SSSR count). The van der Waals surface area contributed by atoms with E-state index < -0.39 is 96.1 Å². The Morgan fingerprint density at radius 2 is 1.55 bits per heavy atom. The van der Waals surface area contributed by atoms with Crippen LogP contribution in [0.25, 0.3) is 22.3 Å². The summed E-state index contributed by atoms with van der Waals surface area (Å²) in [5.41, 5.74) is -1.11. The van der Waals surface area contributed by atoms with E-state index >= 15 is 0 Å². The number of hydrogen-bond acceptors (Lipinski definition) is 16. The topological polar surface area (TPSA) is 258 Å². The van der Waals surface area contributed by atoms with Gasteiger partial charge in [0.1, 0.15) is 65.2 Å². The Kier molecular flexibility index (Phi) is 8.90. The summed E-state index contributed by atoms with van der Waals surface area (Å²) in [5, 5.41) is 92.4. The molecule has 0 aliphatic carbocycles. The van der Waals surface area contributed by atoms with Gasteiger partial charge in [0.2, 0.25) is 17.5 Å². The monoisotopic (exact) mass is 624 g/mol. The molecule has 16 heteroatoms. The molecule has 1 aromatic heterocycles. The van der Waals surface area contributed by atoms with Gasteiger partial charge in [0.15, 0.2) is 23.5 Å². The second kappa shape index (κ2) is 12.4. The molecule has 0 amide bonds. The van der Waals surface area contributed by atoms with E-state index in [0.29, 0.717) is 0 Å². The maximum Gasteiger partial charge on any atom is 0.239 e. The van der Waals surface area contributed by atoms with Crippen LogP contribution in [0, 0.1) is 0 Å². The van der Waals surface area contributed by atoms with Gasteiger partial charge < -0.3 is 74.1 Å². The Hall–Kier alpha value is -3.71. The van der Waals surface area contributed by atoms with Crippen molar-refractivity contribution in [3.63, 3.8) is 0 Å². The van der Waals surface area contributed by atoms with Crippen molar-refractivity contribution >= 4 is 11.0 Å². The largest absolute Gasteiger partial charge is 0.508 e. The number of ether oxygens (including phenoxy) is 5. The van der Waals surface area contributed by atoms with Crippen molar-refractivity contribution in [2.45, 2.75) is 68.3 Å². The van der Waals surface area contributed by atoms with Gasteiger partial charge in [-0.3, -0.25) is 4.79 Å². The van der Waals surface area contributed by atoms with E-state index in [2.05, 4.69) is 0 Å². The molecule has 3 aromatic rings. The fraction of sp³-hybridized carbons (Fsp3) is 0.464. The number of methoxy groups -OCH3 is 1. The highest BCUT2D eigenvalue weighted by atomic mass is 16.7. The van der Waals surface area contributed by atoms with Crippen LogP contribution in [0.2, 0.25) is 0 Å². The second-order valence-corrected chi connectivity index (χ2v) is 10.4. The van der Waals surface area contributed by atoms with Crippen molar-refractivity contribution in [1.29, 1.82) is 0 Å². The number of hydrogen-bond donors (Lipinski definition) is 9. The van der Waals surface area contributed by atoms with E-state index in [1.54, 1.807) is 0 Å².